The van der Waals surface area contributed by atoms with Crippen molar-refractivity contribution >= 4 is 5.91 Å². The topological polar surface area (TPSA) is 84.6 Å². The van der Waals surface area contributed by atoms with E-state index in [1.165, 1.54) is 0 Å². The Kier molecular flexibility index (Phi) is 7.19. The van der Waals surface area contributed by atoms with E-state index in [-0.39, 0.29) is 12.5 Å². The van der Waals surface area contributed by atoms with Gasteiger partial charge in [0.1, 0.15) is 5.75 Å². The Bertz CT molecular complexity index is 451. The van der Waals surface area contributed by atoms with Crippen molar-refractivity contribution in [2.75, 3.05) is 13.2 Å². The zero-order valence-corrected chi connectivity index (χ0v) is 12.9. The Balaban J connectivity index is 2.35. The van der Waals surface area contributed by atoms with E-state index < -0.39 is 5.54 Å². The van der Waals surface area contributed by atoms with E-state index in [1.807, 2.05) is 38.1 Å². The Morgan fingerprint density at radius 2 is 2.10 bits per heavy atom. The SMILES string of the molecule is CCNC(C)(CCCCOc1ccccc1CO)C(N)=O. The van der Waals surface area contributed by atoms with Crippen molar-refractivity contribution < 1.29 is 14.6 Å². The minimum Gasteiger partial charge on any atom is -0.493 e. The van der Waals surface area contributed by atoms with E-state index in [4.69, 9.17) is 10.5 Å². The van der Waals surface area contributed by atoms with Crippen LogP contribution in [0.25, 0.3) is 0 Å². The number of nitrogens with one attached hydrogen (secondary N) is 1. The lowest BCUT2D eigenvalue weighted by atomic mass is 9.94. The minimum atomic E-state index is -0.655. The van der Waals surface area contributed by atoms with Crippen LogP contribution in [0.1, 0.15) is 38.7 Å². The van der Waals surface area contributed by atoms with E-state index in [0.29, 0.717) is 25.3 Å². The van der Waals surface area contributed by atoms with Gasteiger partial charge in [0.25, 0.3) is 0 Å². The molecule has 0 saturated carbocycles. The maximum Gasteiger partial charge on any atom is 0.237 e. The van der Waals surface area contributed by atoms with Crippen LogP contribution in [0.4, 0.5) is 0 Å². The highest BCUT2D eigenvalue weighted by atomic mass is 16.5. The first-order valence-corrected chi connectivity index (χ1v) is 7.40. The van der Waals surface area contributed by atoms with Gasteiger partial charge in [-0.1, -0.05) is 25.1 Å². The monoisotopic (exact) mass is 294 g/mol. The van der Waals surface area contributed by atoms with Crippen LogP contribution < -0.4 is 15.8 Å². The molecule has 1 aromatic carbocycles. The fourth-order valence-corrected chi connectivity index (χ4v) is 2.23. The van der Waals surface area contributed by atoms with E-state index in [1.54, 1.807) is 0 Å². The molecular formula is C16H26N2O3. The molecule has 0 aliphatic carbocycles. The van der Waals surface area contributed by atoms with E-state index in [9.17, 15) is 9.90 Å². The molecule has 0 spiro atoms. The van der Waals surface area contributed by atoms with Crippen molar-refractivity contribution in [1.29, 1.82) is 0 Å². The molecule has 1 aromatic rings. The number of hydrogen-bond donors (Lipinski definition) is 3. The molecule has 0 fully saturated rings. The fraction of sp³-hybridized carbons (Fsp3) is 0.562. The zero-order chi connectivity index (χ0) is 15.7. The van der Waals surface area contributed by atoms with Crippen LogP contribution in [0.2, 0.25) is 0 Å². The number of likely N-dealkylation sites (N-methyl/N-ethyl adjacent to an activating group) is 1. The van der Waals surface area contributed by atoms with Crippen LogP contribution in [0.5, 0.6) is 5.75 Å². The van der Waals surface area contributed by atoms with Gasteiger partial charge in [0.2, 0.25) is 5.91 Å². The molecule has 0 aliphatic heterocycles. The standard InChI is InChI=1S/C16H26N2O3/c1-3-18-16(2,15(17)20)10-6-7-11-21-14-9-5-4-8-13(14)12-19/h4-5,8-9,18-19H,3,6-7,10-12H2,1-2H3,(H2,17,20). The van der Waals surface area contributed by atoms with Crippen molar-refractivity contribution in [3.63, 3.8) is 0 Å². The number of carbonyl (C=O) groups excluding carboxylic acids is 1. The van der Waals surface area contributed by atoms with E-state index in [2.05, 4.69) is 5.32 Å². The van der Waals surface area contributed by atoms with Gasteiger partial charge in [0.05, 0.1) is 18.8 Å². The quantitative estimate of drug-likeness (QED) is 0.572. The van der Waals surface area contributed by atoms with Crippen LogP contribution in [0.15, 0.2) is 24.3 Å². The molecule has 0 heterocycles. The summed E-state index contributed by atoms with van der Waals surface area (Å²) in [7, 11) is 0. The van der Waals surface area contributed by atoms with Crippen molar-refractivity contribution in [3.8, 4) is 5.75 Å². The summed E-state index contributed by atoms with van der Waals surface area (Å²) in [5.41, 5.74) is 5.57. The second kappa shape index (κ2) is 8.64. The summed E-state index contributed by atoms with van der Waals surface area (Å²) in [4.78, 5) is 11.5. The second-order valence-corrected chi connectivity index (χ2v) is 5.30. The van der Waals surface area contributed by atoms with Crippen LogP contribution in [0, 0.1) is 0 Å². The normalized spacial score (nSPS) is 13.7. The Morgan fingerprint density at radius 3 is 2.71 bits per heavy atom. The molecular weight excluding hydrogens is 268 g/mol. The summed E-state index contributed by atoms with van der Waals surface area (Å²) in [6, 6.07) is 7.43. The average molecular weight is 294 g/mol. The number of nitrogens with two attached hydrogens (primary N) is 1. The van der Waals surface area contributed by atoms with Gasteiger partial charge in [0.15, 0.2) is 0 Å². The maximum absolute atomic E-state index is 11.5. The summed E-state index contributed by atoms with van der Waals surface area (Å²) >= 11 is 0. The average Bonchev–Trinajstić information content (AvgIpc) is 2.47. The predicted molar refractivity (Wildman–Crippen MR) is 83.0 cm³/mol. The Morgan fingerprint density at radius 1 is 1.38 bits per heavy atom. The molecule has 0 radical (unpaired) electrons. The predicted octanol–water partition coefficient (Wildman–Crippen LogP) is 1.58. The van der Waals surface area contributed by atoms with Gasteiger partial charge >= 0.3 is 0 Å². The van der Waals surface area contributed by atoms with E-state index in [0.717, 1.165) is 18.4 Å². The number of unbranched alkanes of at least 4 members (excludes halogenated alkanes) is 1. The van der Waals surface area contributed by atoms with Gasteiger partial charge in [-0.25, -0.2) is 0 Å². The van der Waals surface area contributed by atoms with Crippen molar-refractivity contribution in [1.82, 2.24) is 5.32 Å². The lowest BCUT2D eigenvalue weighted by Crippen LogP contribution is -2.53. The number of rotatable bonds is 10. The summed E-state index contributed by atoms with van der Waals surface area (Å²) in [5, 5.41) is 12.3. The molecule has 21 heavy (non-hydrogen) atoms. The molecule has 0 saturated heterocycles. The highest BCUT2D eigenvalue weighted by Crippen LogP contribution is 2.19. The fourth-order valence-electron chi connectivity index (χ4n) is 2.23. The van der Waals surface area contributed by atoms with Gasteiger partial charge in [-0.05, 0) is 38.8 Å². The minimum absolute atomic E-state index is 0.0314. The Hall–Kier alpha value is -1.59. The third kappa shape index (κ3) is 5.36. The molecule has 4 N–H and O–H groups in total. The number of hydrogen-bond acceptors (Lipinski definition) is 4. The third-order valence-corrected chi connectivity index (χ3v) is 3.58. The van der Waals surface area contributed by atoms with Crippen molar-refractivity contribution in [2.24, 2.45) is 5.73 Å². The number of amides is 1. The highest BCUT2D eigenvalue weighted by Gasteiger charge is 2.28. The Labute approximate surface area is 126 Å². The molecule has 1 atom stereocenters. The lowest BCUT2D eigenvalue weighted by molar-refractivity contribution is -0.124. The maximum atomic E-state index is 11.5. The number of ether oxygens (including phenoxy) is 1. The van der Waals surface area contributed by atoms with Crippen LogP contribution in [-0.4, -0.2) is 29.7 Å². The van der Waals surface area contributed by atoms with Gasteiger partial charge in [0, 0.05) is 5.56 Å². The van der Waals surface area contributed by atoms with Gasteiger partial charge in [-0.3, -0.25) is 4.79 Å². The number of benzene rings is 1. The van der Waals surface area contributed by atoms with E-state index >= 15 is 0 Å². The van der Waals surface area contributed by atoms with Crippen molar-refractivity contribution in [3.05, 3.63) is 29.8 Å². The molecule has 1 amide bonds. The van der Waals surface area contributed by atoms with Gasteiger partial charge in [-0.15, -0.1) is 0 Å². The highest BCUT2D eigenvalue weighted by molar-refractivity contribution is 5.84. The molecule has 5 heteroatoms. The smallest absolute Gasteiger partial charge is 0.237 e. The molecule has 1 unspecified atom stereocenters. The number of aliphatic hydroxyl groups excluding tert-OH is 1. The molecule has 118 valence electrons. The number of carbonyl (C=O) groups is 1. The van der Waals surface area contributed by atoms with Gasteiger partial charge < -0.3 is 20.9 Å². The first kappa shape index (κ1) is 17.5. The molecule has 0 bridgehead atoms. The molecule has 0 aromatic heterocycles. The second-order valence-electron chi connectivity index (χ2n) is 5.30. The van der Waals surface area contributed by atoms with Gasteiger partial charge in [-0.2, -0.15) is 0 Å². The van der Waals surface area contributed by atoms with Crippen LogP contribution >= 0.6 is 0 Å². The number of primary amides is 1. The first-order valence-electron chi connectivity index (χ1n) is 7.40. The first-order chi connectivity index (χ1) is 10.0. The van der Waals surface area contributed by atoms with Crippen molar-refractivity contribution in [2.45, 2.75) is 45.3 Å². The molecule has 0 aliphatic rings. The summed E-state index contributed by atoms with van der Waals surface area (Å²) in [5.74, 6) is 0.389. The van der Waals surface area contributed by atoms with Crippen LogP contribution in [-0.2, 0) is 11.4 Å². The summed E-state index contributed by atoms with van der Waals surface area (Å²) in [6.07, 6.45) is 2.35. The third-order valence-electron chi connectivity index (χ3n) is 3.58. The van der Waals surface area contributed by atoms with Crippen LogP contribution in [0.3, 0.4) is 0 Å². The molecule has 1 rings (SSSR count). The largest absolute Gasteiger partial charge is 0.493 e. The zero-order valence-electron chi connectivity index (χ0n) is 12.9. The summed E-state index contributed by atoms with van der Waals surface area (Å²) < 4.78 is 5.67. The number of aliphatic hydroxyl groups is 1. The summed E-state index contributed by atoms with van der Waals surface area (Å²) in [6.45, 7) is 5.02. The molecule has 5 nitrogen and oxygen atoms in total. The lowest BCUT2D eigenvalue weighted by Gasteiger charge is -2.26. The number of para-hydroxylation sites is 1.